The van der Waals surface area contributed by atoms with Gasteiger partial charge in [-0.3, -0.25) is 0 Å². The van der Waals surface area contributed by atoms with Crippen molar-refractivity contribution in [2.45, 2.75) is 51.0 Å². The Morgan fingerprint density at radius 3 is 2.53 bits per heavy atom. The van der Waals surface area contributed by atoms with Crippen LogP contribution in [0.15, 0.2) is 0 Å². The van der Waals surface area contributed by atoms with Gasteiger partial charge in [0, 0.05) is 6.04 Å². The van der Waals surface area contributed by atoms with E-state index in [1.54, 1.807) is 0 Å². The van der Waals surface area contributed by atoms with E-state index in [2.05, 4.69) is 5.32 Å². The van der Waals surface area contributed by atoms with Crippen LogP contribution in [0.4, 0.5) is 4.79 Å². The first-order valence-electron chi connectivity index (χ1n) is 6.68. The summed E-state index contributed by atoms with van der Waals surface area (Å²) in [6.07, 6.45) is 8.55. The summed E-state index contributed by atoms with van der Waals surface area (Å²) >= 11 is 0. The van der Waals surface area contributed by atoms with Gasteiger partial charge in [-0.1, -0.05) is 19.3 Å². The van der Waals surface area contributed by atoms with E-state index in [0.717, 1.165) is 32.0 Å². The molecule has 0 heterocycles. The highest BCUT2D eigenvalue weighted by Crippen LogP contribution is 2.29. The smallest absolute Gasteiger partial charge is 0.407 e. The minimum atomic E-state index is -0.366. The molecule has 4 heteroatoms. The molecule has 0 aromatic carbocycles. The number of ether oxygens (including phenoxy) is 1. The Kier molecular flexibility index (Phi) is 4.40. The molecular weight excluding hydrogens is 218 g/mol. The van der Waals surface area contributed by atoms with Crippen molar-refractivity contribution in [2.75, 3.05) is 6.61 Å². The largest absolute Gasteiger partial charge is 0.449 e. The van der Waals surface area contributed by atoms with Crippen molar-refractivity contribution >= 4 is 12.4 Å². The lowest BCUT2D eigenvalue weighted by Gasteiger charge is -2.26. The van der Waals surface area contributed by atoms with Gasteiger partial charge in [0.05, 0.1) is 5.92 Å². The van der Waals surface area contributed by atoms with Crippen LogP contribution in [-0.2, 0) is 9.53 Å². The summed E-state index contributed by atoms with van der Waals surface area (Å²) in [4.78, 5) is 22.4. The molecule has 1 atom stereocenters. The van der Waals surface area contributed by atoms with Crippen molar-refractivity contribution in [3.05, 3.63) is 0 Å². The van der Waals surface area contributed by atoms with Crippen LogP contribution >= 0.6 is 0 Å². The molecule has 96 valence electrons. The first-order chi connectivity index (χ1) is 8.29. The first-order valence-corrected chi connectivity index (χ1v) is 6.68. The SMILES string of the molecule is O=CC(COC(=O)NC1CC1)C1CCCCC1. The summed E-state index contributed by atoms with van der Waals surface area (Å²) in [5.41, 5.74) is 0. The monoisotopic (exact) mass is 239 g/mol. The van der Waals surface area contributed by atoms with Gasteiger partial charge in [0.15, 0.2) is 0 Å². The molecule has 0 saturated heterocycles. The second-order valence-electron chi connectivity index (χ2n) is 5.22. The van der Waals surface area contributed by atoms with E-state index >= 15 is 0 Å². The molecular formula is C13H21NO3. The fraction of sp³-hybridized carbons (Fsp3) is 0.846. The number of hydrogen-bond acceptors (Lipinski definition) is 3. The van der Waals surface area contributed by atoms with Crippen LogP contribution in [0.1, 0.15) is 44.9 Å². The molecule has 2 rings (SSSR count). The van der Waals surface area contributed by atoms with Gasteiger partial charge in [0.1, 0.15) is 12.9 Å². The van der Waals surface area contributed by atoms with Gasteiger partial charge in [0.2, 0.25) is 0 Å². The zero-order valence-electron chi connectivity index (χ0n) is 10.2. The summed E-state index contributed by atoms with van der Waals surface area (Å²) in [7, 11) is 0. The zero-order valence-corrected chi connectivity index (χ0v) is 10.2. The third-order valence-corrected chi connectivity index (χ3v) is 3.74. The van der Waals surface area contributed by atoms with Crippen molar-refractivity contribution in [1.29, 1.82) is 0 Å². The van der Waals surface area contributed by atoms with Crippen LogP contribution in [-0.4, -0.2) is 25.0 Å². The molecule has 0 aromatic heterocycles. The van der Waals surface area contributed by atoms with Gasteiger partial charge in [-0.05, 0) is 31.6 Å². The second-order valence-corrected chi connectivity index (χ2v) is 5.22. The maximum Gasteiger partial charge on any atom is 0.407 e. The van der Waals surface area contributed by atoms with Crippen LogP contribution in [0.25, 0.3) is 0 Å². The third kappa shape index (κ3) is 4.02. The van der Waals surface area contributed by atoms with Gasteiger partial charge in [-0.2, -0.15) is 0 Å². The lowest BCUT2D eigenvalue weighted by Crippen LogP contribution is -2.31. The number of aldehydes is 1. The first kappa shape index (κ1) is 12.4. The number of nitrogens with one attached hydrogen (secondary N) is 1. The Morgan fingerprint density at radius 2 is 1.94 bits per heavy atom. The van der Waals surface area contributed by atoms with Crippen molar-refractivity contribution in [2.24, 2.45) is 11.8 Å². The summed E-state index contributed by atoms with van der Waals surface area (Å²) in [5.74, 6) is 0.301. The molecule has 1 N–H and O–H groups in total. The topological polar surface area (TPSA) is 55.4 Å². The minimum absolute atomic E-state index is 0.111. The lowest BCUT2D eigenvalue weighted by atomic mass is 9.81. The Morgan fingerprint density at radius 1 is 1.24 bits per heavy atom. The highest BCUT2D eigenvalue weighted by atomic mass is 16.5. The van der Waals surface area contributed by atoms with Crippen molar-refractivity contribution < 1.29 is 14.3 Å². The molecule has 0 aliphatic heterocycles. The van der Waals surface area contributed by atoms with Gasteiger partial charge in [-0.15, -0.1) is 0 Å². The normalized spacial score (nSPS) is 22.8. The Balaban J connectivity index is 1.69. The van der Waals surface area contributed by atoms with E-state index in [9.17, 15) is 9.59 Å². The van der Waals surface area contributed by atoms with Gasteiger partial charge >= 0.3 is 6.09 Å². The number of carbonyl (C=O) groups excluding carboxylic acids is 2. The fourth-order valence-corrected chi connectivity index (χ4v) is 2.46. The predicted molar refractivity (Wildman–Crippen MR) is 63.6 cm³/mol. The summed E-state index contributed by atoms with van der Waals surface area (Å²) in [6, 6.07) is 0.312. The van der Waals surface area contributed by atoms with Gasteiger partial charge in [0.25, 0.3) is 0 Å². The zero-order chi connectivity index (χ0) is 12.1. The number of hydrogen-bond donors (Lipinski definition) is 1. The third-order valence-electron chi connectivity index (χ3n) is 3.74. The standard InChI is InChI=1S/C13H21NO3/c15-8-11(10-4-2-1-3-5-10)9-17-13(16)14-12-6-7-12/h8,10-12H,1-7,9H2,(H,14,16). The maximum absolute atomic E-state index is 11.3. The van der Waals surface area contributed by atoms with E-state index in [1.807, 2.05) is 0 Å². The van der Waals surface area contributed by atoms with Gasteiger partial charge < -0.3 is 14.8 Å². The molecule has 0 spiro atoms. The molecule has 2 saturated carbocycles. The molecule has 2 aliphatic carbocycles. The Bertz CT molecular complexity index is 270. The number of carbonyl (C=O) groups is 2. The molecule has 2 fully saturated rings. The average Bonchev–Trinajstić information content (AvgIpc) is 3.15. The van der Waals surface area contributed by atoms with Crippen LogP contribution in [0.5, 0.6) is 0 Å². The quantitative estimate of drug-likeness (QED) is 0.749. The molecule has 4 nitrogen and oxygen atoms in total. The van der Waals surface area contributed by atoms with Crippen LogP contribution in [0.3, 0.4) is 0 Å². The Hall–Kier alpha value is -1.06. The molecule has 1 unspecified atom stereocenters. The van der Waals surface area contributed by atoms with Crippen LogP contribution in [0, 0.1) is 11.8 Å². The average molecular weight is 239 g/mol. The highest BCUT2D eigenvalue weighted by Gasteiger charge is 2.27. The predicted octanol–water partition coefficient (Wildman–Crippen LogP) is 2.27. The molecule has 1 amide bonds. The summed E-state index contributed by atoms with van der Waals surface area (Å²) in [6.45, 7) is 0.243. The summed E-state index contributed by atoms with van der Waals surface area (Å²) < 4.78 is 5.12. The second kappa shape index (κ2) is 6.03. The van der Waals surface area contributed by atoms with Gasteiger partial charge in [-0.25, -0.2) is 4.79 Å². The number of amides is 1. The van der Waals surface area contributed by atoms with E-state index in [4.69, 9.17) is 4.74 Å². The highest BCUT2D eigenvalue weighted by molar-refractivity contribution is 5.68. The maximum atomic E-state index is 11.3. The van der Waals surface area contributed by atoms with Crippen LogP contribution < -0.4 is 5.32 Å². The van der Waals surface area contributed by atoms with Crippen LogP contribution in [0.2, 0.25) is 0 Å². The van der Waals surface area contributed by atoms with E-state index < -0.39 is 0 Å². The number of alkyl carbamates (subject to hydrolysis) is 1. The fourth-order valence-electron chi connectivity index (χ4n) is 2.46. The minimum Gasteiger partial charge on any atom is -0.449 e. The molecule has 2 aliphatic rings. The summed E-state index contributed by atoms with van der Waals surface area (Å²) in [5, 5.41) is 2.76. The van der Waals surface area contributed by atoms with E-state index in [0.29, 0.717) is 12.0 Å². The molecule has 0 aromatic rings. The van der Waals surface area contributed by atoms with Crippen molar-refractivity contribution in [3.63, 3.8) is 0 Å². The van der Waals surface area contributed by atoms with E-state index in [1.165, 1.54) is 19.3 Å². The lowest BCUT2D eigenvalue weighted by molar-refractivity contribution is -0.114. The van der Waals surface area contributed by atoms with Crippen molar-refractivity contribution in [1.82, 2.24) is 5.32 Å². The van der Waals surface area contributed by atoms with E-state index in [-0.39, 0.29) is 18.6 Å². The molecule has 0 bridgehead atoms. The molecule has 17 heavy (non-hydrogen) atoms. The molecule has 0 radical (unpaired) electrons. The Labute approximate surface area is 102 Å². The number of rotatable bonds is 5. The van der Waals surface area contributed by atoms with Crippen molar-refractivity contribution in [3.8, 4) is 0 Å².